The second-order valence-electron chi connectivity index (χ2n) is 13.3. The molecular weight excluding hydrogens is 639 g/mol. The summed E-state index contributed by atoms with van der Waals surface area (Å²) in [7, 11) is 0. The van der Waals surface area contributed by atoms with Crippen molar-refractivity contribution in [1.29, 1.82) is 0 Å². The van der Waals surface area contributed by atoms with Gasteiger partial charge in [0.1, 0.15) is 0 Å². The summed E-state index contributed by atoms with van der Waals surface area (Å²) in [4.78, 5) is 30.1. The van der Waals surface area contributed by atoms with Crippen molar-refractivity contribution >= 4 is 66.6 Å². The first-order chi connectivity index (χ1) is 25.7. The second kappa shape index (κ2) is 11.8. The lowest BCUT2D eigenvalue weighted by Crippen LogP contribution is -2.30. The van der Waals surface area contributed by atoms with Gasteiger partial charge in [0.25, 0.3) is 11.8 Å². The van der Waals surface area contributed by atoms with Gasteiger partial charge in [-0.3, -0.25) is 14.5 Å². The Morgan fingerprint density at radius 1 is 0.346 bits per heavy atom. The summed E-state index contributed by atoms with van der Waals surface area (Å²) in [5.74, 6) is -0.583. The fourth-order valence-electron chi connectivity index (χ4n) is 7.98. The van der Waals surface area contributed by atoms with Crippen LogP contribution in [0.2, 0.25) is 0 Å². The number of amides is 2. The van der Waals surface area contributed by atoms with Gasteiger partial charge in [-0.1, -0.05) is 127 Å². The Labute approximate surface area is 299 Å². The van der Waals surface area contributed by atoms with Crippen molar-refractivity contribution < 1.29 is 9.59 Å². The van der Waals surface area contributed by atoms with Gasteiger partial charge in [0, 0.05) is 32.9 Å². The molecule has 0 unspecified atom stereocenters. The van der Waals surface area contributed by atoms with Crippen molar-refractivity contribution in [3.05, 3.63) is 193 Å². The molecular formula is C47H31N3O2. The van der Waals surface area contributed by atoms with E-state index in [1.54, 1.807) is 0 Å². The molecule has 7 aromatic carbocycles. The summed E-state index contributed by atoms with van der Waals surface area (Å²) in [5.41, 5.74) is 9.56. The Morgan fingerprint density at radius 2 is 0.673 bits per heavy atom. The monoisotopic (exact) mass is 669 g/mol. The summed E-state index contributed by atoms with van der Waals surface area (Å²) < 4.78 is 4.50. The van der Waals surface area contributed by atoms with Crippen molar-refractivity contribution in [3.8, 4) is 11.4 Å². The van der Waals surface area contributed by atoms with E-state index in [9.17, 15) is 9.59 Å². The Hall–Kier alpha value is -6.98. The van der Waals surface area contributed by atoms with E-state index in [-0.39, 0.29) is 18.4 Å². The molecule has 1 aliphatic heterocycles. The third kappa shape index (κ3) is 4.56. The van der Waals surface area contributed by atoms with Crippen LogP contribution in [0.4, 0.5) is 0 Å². The van der Waals surface area contributed by atoms with Crippen molar-refractivity contribution in [3.63, 3.8) is 0 Å². The number of carbonyl (C=O) groups is 2. The summed E-state index contributed by atoms with van der Waals surface area (Å²) in [6.07, 6.45) is 0. The Morgan fingerprint density at radius 3 is 1.04 bits per heavy atom. The van der Waals surface area contributed by atoms with Crippen LogP contribution in [0, 0.1) is 0 Å². The van der Waals surface area contributed by atoms with E-state index < -0.39 is 0 Å². The molecule has 0 radical (unpaired) electrons. The van der Waals surface area contributed by atoms with E-state index in [0.717, 1.165) is 39.0 Å². The van der Waals surface area contributed by atoms with E-state index in [4.69, 9.17) is 0 Å². The Bertz CT molecular complexity index is 2610. The molecule has 9 aromatic rings. The van der Waals surface area contributed by atoms with Gasteiger partial charge in [0.2, 0.25) is 0 Å². The predicted octanol–water partition coefficient (Wildman–Crippen LogP) is 10.4. The molecule has 0 spiro atoms. The third-order valence-electron chi connectivity index (χ3n) is 10.3. The SMILES string of the molecule is O=C1C(c2ccc(-n3c4ccccc4c4ccccc43)cc2)=C(c2ccc(-n3c4ccccc4c4ccccc43)cc2)C(=O)N1Cc1ccccc1. The van der Waals surface area contributed by atoms with Crippen LogP contribution in [-0.4, -0.2) is 25.8 Å². The molecule has 0 saturated carbocycles. The molecule has 0 saturated heterocycles. The number of para-hydroxylation sites is 4. The molecule has 0 aliphatic carbocycles. The van der Waals surface area contributed by atoms with Crippen molar-refractivity contribution in [2.75, 3.05) is 0 Å². The fourth-order valence-corrected chi connectivity index (χ4v) is 7.98. The lowest BCUT2D eigenvalue weighted by molar-refractivity contribution is -0.136. The van der Waals surface area contributed by atoms with Gasteiger partial charge in [-0.15, -0.1) is 0 Å². The van der Waals surface area contributed by atoms with Gasteiger partial charge < -0.3 is 9.13 Å². The third-order valence-corrected chi connectivity index (χ3v) is 10.3. The molecule has 2 aromatic heterocycles. The Kier molecular flexibility index (Phi) is 6.80. The van der Waals surface area contributed by atoms with Crippen LogP contribution in [0.3, 0.4) is 0 Å². The van der Waals surface area contributed by atoms with Crippen LogP contribution in [-0.2, 0) is 16.1 Å². The molecule has 2 amide bonds. The first-order valence-corrected chi connectivity index (χ1v) is 17.5. The number of rotatable bonds is 6. The molecule has 10 rings (SSSR count). The maximum atomic E-state index is 14.4. The highest BCUT2D eigenvalue weighted by Gasteiger charge is 2.39. The van der Waals surface area contributed by atoms with E-state index >= 15 is 0 Å². The quantitative estimate of drug-likeness (QED) is 0.166. The molecule has 0 N–H and O–H groups in total. The maximum absolute atomic E-state index is 14.4. The first-order valence-electron chi connectivity index (χ1n) is 17.5. The lowest BCUT2D eigenvalue weighted by atomic mass is 9.96. The number of imide groups is 1. The van der Waals surface area contributed by atoms with E-state index in [0.29, 0.717) is 22.3 Å². The van der Waals surface area contributed by atoms with E-state index in [1.165, 1.54) is 26.4 Å². The molecule has 3 heterocycles. The van der Waals surface area contributed by atoms with Gasteiger partial charge in [0.15, 0.2) is 0 Å². The van der Waals surface area contributed by atoms with Gasteiger partial charge in [0.05, 0.1) is 39.8 Å². The van der Waals surface area contributed by atoms with Crippen molar-refractivity contribution in [2.24, 2.45) is 0 Å². The smallest absolute Gasteiger partial charge is 0.262 e. The van der Waals surface area contributed by atoms with Crippen LogP contribution in [0.5, 0.6) is 0 Å². The van der Waals surface area contributed by atoms with Gasteiger partial charge in [-0.2, -0.15) is 0 Å². The average Bonchev–Trinajstić information content (AvgIpc) is 3.80. The van der Waals surface area contributed by atoms with Gasteiger partial charge in [-0.05, 0) is 65.2 Å². The minimum absolute atomic E-state index is 0.199. The van der Waals surface area contributed by atoms with Crippen LogP contribution >= 0.6 is 0 Å². The summed E-state index contributed by atoms with van der Waals surface area (Å²) >= 11 is 0. The predicted molar refractivity (Wildman–Crippen MR) is 210 cm³/mol. The number of aromatic nitrogens is 2. The molecule has 5 nitrogen and oxygen atoms in total. The van der Waals surface area contributed by atoms with Crippen LogP contribution in [0.25, 0.3) is 66.1 Å². The topological polar surface area (TPSA) is 47.2 Å². The summed E-state index contributed by atoms with van der Waals surface area (Å²) in [6.45, 7) is 0.199. The minimum Gasteiger partial charge on any atom is -0.309 e. The number of nitrogens with zero attached hydrogens (tertiary/aromatic N) is 3. The number of hydrogen-bond acceptors (Lipinski definition) is 2. The summed E-state index contributed by atoms with van der Waals surface area (Å²) in [5, 5.41) is 4.74. The second-order valence-corrected chi connectivity index (χ2v) is 13.3. The minimum atomic E-state index is -0.292. The summed E-state index contributed by atoms with van der Waals surface area (Å²) in [6, 6.07) is 59.3. The number of carbonyl (C=O) groups excluding carboxylic acids is 2. The highest BCUT2D eigenvalue weighted by atomic mass is 16.2. The highest BCUT2D eigenvalue weighted by molar-refractivity contribution is 6.49. The average molecular weight is 670 g/mol. The number of fused-ring (bicyclic) bond motifs is 6. The van der Waals surface area contributed by atoms with Crippen molar-refractivity contribution in [1.82, 2.24) is 14.0 Å². The normalized spacial score (nSPS) is 13.4. The molecule has 5 heteroatoms. The number of benzene rings is 7. The molecule has 0 fully saturated rings. The molecule has 52 heavy (non-hydrogen) atoms. The largest absolute Gasteiger partial charge is 0.309 e. The highest BCUT2D eigenvalue weighted by Crippen LogP contribution is 2.39. The van der Waals surface area contributed by atoms with Crippen LogP contribution < -0.4 is 0 Å². The fraction of sp³-hybridized carbons (Fsp3) is 0.0213. The molecule has 1 aliphatic rings. The van der Waals surface area contributed by atoms with E-state index in [1.807, 2.05) is 78.9 Å². The maximum Gasteiger partial charge on any atom is 0.262 e. The van der Waals surface area contributed by atoms with Gasteiger partial charge in [-0.25, -0.2) is 0 Å². The van der Waals surface area contributed by atoms with Gasteiger partial charge >= 0.3 is 0 Å². The molecule has 0 bridgehead atoms. The Balaban J connectivity index is 1.10. The molecule has 246 valence electrons. The van der Waals surface area contributed by atoms with Crippen LogP contribution in [0.1, 0.15) is 16.7 Å². The number of hydrogen-bond donors (Lipinski definition) is 0. The lowest BCUT2D eigenvalue weighted by Gasteiger charge is -2.15. The van der Waals surface area contributed by atoms with Crippen molar-refractivity contribution in [2.45, 2.75) is 6.54 Å². The standard InChI is InChI=1S/C47H31N3O2/c51-46-44(32-22-26-34(27-23-32)49-40-18-8-4-14-36(40)37-15-5-9-19-41(37)49)45(47(52)48(46)30-31-12-2-1-3-13-31)33-24-28-35(29-25-33)50-42-20-10-6-16-38(42)39-17-7-11-21-43(39)50/h1-29H,30H2. The zero-order valence-electron chi connectivity index (χ0n) is 28.1. The first kappa shape index (κ1) is 29.9. The molecule has 0 atom stereocenters. The van der Waals surface area contributed by atoms with E-state index in [2.05, 4.69) is 106 Å². The zero-order chi connectivity index (χ0) is 34.8. The van der Waals surface area contributed by atoms with Crippen LogP contribution in [0.15, 0.2) is 176 Å². The zero-order valence-corrected chi connectivity index (χ0v) is 28.1.